The summed E-state index contributed by atoms with van der Waals surface area (Å²) in [7, 11) is 0. The van der Waals surface area contributed by atoms with Gasteiger partial charge in [-0.25, -0.2) is 4.39 Å². The van der Waals surface area contributed by atoms with E-state index in [4.69, 9.17) is 0 Å². The maximum absolute atomic E-state index is 12.8. The van der Waals surface area contributed by atoms with E-state index in [-0.39, 0.29) is 12.5 Å². The summed E-state index contributed by atoms with van der Waals surface area (Å²) >= 11 is 1.73. The lowest BCUT2D eigenvalue weighted by molar-refractivity contribution is -0.120. The Morgan fingerprint density at radius 1 is 0.958 bits per heavy atom. The Balaban J connectivity index is 1.58. The maximum Gasteiger partial charge on any atom is 0.251 e. The van der Waals surface area contributed by atoms with Gasteiger partial charge in [0, 0.05) is 23.6 Å². The Labute approximate surface area is 144 Å². The molecule has 2 amide bonds. The van der Waals surface area contributed by atoms with Crippen LogP contribution in [0.4, 0.5) is 4.39 Å². The Morgan fingerprint density at radius 3 is 2.38 bits per heavy atom. The summed E-state index contributed by atoms with van der Waals surface area (Å²) < 4.78 is 12.8. The van der Waals surface area contributed by atoms with E-state index in [1.807, 2.05) is 18.2 Å². The van der Waals surface area contributed by atoms with Crippen molar-refractivity contribution in [3.63, 3.8) is 0 Å². The highest BCUT2D eigenvalue weighted by Gasteiger charge is 2.07. The molecule has 0 unspecified atom stereocenters. The van der Waals surface area contributed by atoms with Crippen LogP contribution in [0.25, 0.3) is 0 Å². The van der Waals surface area contributed by atoms with Gasteiger partial charge in [0.25, 0.3) is 5.91 Å². The van der Waals surface area contributed by atoms with Crippen LogP contribution in [0.1, 0.15) is 15.9 Å². The van der Waals surface area contributed by atoms with Crippen molar-refractivity contribution < 1.29 is 14.0 Å². The fourth-order valence-electron chi connectivity index (χ4n) is 1.95. The second-order valence-corrected chi connectivity index (χ2v) is 6.18. The molecule has 0 bridgehead atoms. The van der Waals surface area contributed by atoms with E-state index in [1.54, 1.807) is 11.8 Å². The van der Waals surface area contributed by atoms with Crippen molar-refractivity contribution in [3.05, 3.63) is 71.5 Å². The molecule has 2 aromatic rings. The minimum atomic E-state index is -0.405. The topological polar surface area (TPSA) is 58.2 Å². The first-order chi connectivity index (χ1) is 11.6. The number of thioether (sulfide) groups is 1. The van der Waals surface area contributed by atoms with Gasteiger partial charge in [0.2, 0.25) is 5.91 Å². The van der Waals surface area contributed by atoms with Gasteiger partial charge in [0.15, 0.2) is 0 Å². The maximum atomic E-state index is 12.8. The van der Waals surface area contributed by atoms with Gasteiger partial charge in [-0.05, 0) is 29.8 Å². The molecule has 0 aliphatic rings. The largest absolute Gasteiger partial charge is 0.354 e. The molecule has 0 heterocycles. The lowest BCUT2D eigenvalue weighted by Gasteiger charge is -2.07. The number of nitrogens with one attached hydrogen (secondary N) is 2. The van der Waals surface area contributed by atoms with Crippen molar-refractivity contribution in [2.24, 2.45) is 0 Å². The third-order valence-electron chi connectivity index (χ3n) is 3.20. The molecule has 0 aromatic heterocycles. The summed E-state index contributed by atoms with van der Waals surface area (Å²) in [5.74, 6) is 0.650. The summed E-state index contributed by atoms with van der Waals surface area (Å²) in [4.78, 5) is 23.4. The third-order valence-corrected chi connectivity index (χ3v) is 4.23. The molecular formula is C18H19FN2O2S. The van der Waals surface area contributed by atoms with Crippen molar-refractivity contribution in [1.82, 2.24) is 10.6 Å². The number of hydrogen-bond acceptors (Lipinski definition) is 3. The molecule has 0 aliphatic carbocycles. The molecule has 0 spiro atoms. The standard InChI is InChI=1S/C18H19FN2O2S/c19-16-8-6-15(7-9-16)18(23)21-12-17(22)20-10-11-24-13-14-4-2-1-3-5-14/h1-9H,10-13H2,(H,20,22)(H,21,23). The average molecular weight is 346 g/mol. The molecular weight excluding hydrogens is 327 g/mol. The molecule has 126 valence electrons. The fourth-order valence-corrected chi connectivity index (χ4v) is 2.77. The second kappa shape index (κ2) is 9.72. The van der Waals surface area contributed by atoms with E-state index in [0.29, 0.717) is 12.1 Å². The molecule has 0 saturated heterocycles. The monoisotopic (exact) mass is 346 g/mol. The highest BCUT2D eigenvalue weighted by molar-refractivity contribution is 7.98. The van der Waals surface area contributed by atoms with E-state index in [1.165, 1.54) is 29.8 Å². The molecule has 6 heteroatoms. The van der Waals surface area contributed by atoms with Crippen LogP contribution >= 0.6 is 11.8 Å². The minimum Gasteiger partial charge on any atom is -0.354 e. The zero-order chi connectivity index (χ0) is 17.2. The van der Waals surface area contributed by atoms with Crippen molar-refractivity contribution in [3.8, 4) is 0 Å². The van der Waals surface area contributed by atoms with Crippen LogP contribution in [-0.4, -0.2) is 30.7 Å². The van der Waals surface area contributed by atoms with Crippen LogP contribution in [0.15, 0.2) is 54.6 Å². The van der Waals surface area contributed by atoms with Gasteiger partial charge in [-0.1, -0.05) is 30.3 Å². The van der Waals surface area contributed by atoms with Crippen LogP contribution in [0.2, 0.25) is 0 Å². The number of amides is 2. The van der Waals surface area contributed by atoms with Crippen molar-refractivity contribution >= 4 is 23.6 Å². The zero-order valence-corrected chi connectivity index (χ0v) is 13.9. The fraction of sp³-hybridized carbons (Fsp3) is 0.222. The van der Waals surface area contributed by atoms with Gasteiger partial charge < -0.3 is 10.6 Å². The average Bonchev–Trinajstić information content (AvgIpc) is 2.61. The van der Waals surface area contributed by atoms with Gasteiger partial charge in [0.05, 0.1) is 6.54 Å². The van der Waals surface area contributed by atoms with E-state index in [0.717, 1.165) is 11.5 Å². The quantitative estimate of drug-likeness (QED) is 0.723. The SMILES string of the molecule is O=C(CNC(=O)c1ccc(F)cc1)NCCSCc1ccccc1. The smallest absolute Gasteiger partial charge is 0.251 e. The molecule has 2 rings (SSSR count). The van der Waals surface area contributed by atoms with Crippen molar-refractivity contribution in [2.75, 3.05) is 18.8 Å². The van der Waals surface area contributed by atoms with Crippen LogP contribution in [0.5, 0.6) is 0 Å². The molecule has 0 atom stereocenters. The van der Waals surface area contributed by atoms with Gasteiger partial charge in [0.1, 0.15) is 5.82 Å². The van der Waals surface area contributed by atoms with E-state index < -0.39 is 11.7 Å². The van der Waals surface area contributed by atoms with Crippen LogP contribution in [-0.2, 0) is 10.5 Å². The van der Waals surface area contributed by atoms with Gasteiger partial charge in [-0.15, -0.1) is 0 Å². The number of halogens is 1. The lowest BCUT2D eigenvalue weighted by atomic mass is 10.2. The molecule has 0 radical (unpaired) electrons. The van der Waals surface area contributed by atoms with Crippen LogP contribution in [0, 0.1) is 5.82 Å². The van der Waals surface area contributed by atoms with E-state index >= 15 is 0 Å². The first kappa shape index (κ1) is 18.0. The summed E-state index contributed by atoms with van der Waals surface area (Å²) in [6, 6.07) is 15.3. The predicted octanol–water partition coefficient (Wildman–Crippen LogP) is 2.61. The molecule has 24 heavy (non-hydrogen) atoms. The number of carbonyl (C=O) groups is 2. The Bertz CT molecular complexity index is 662. The molecule has 4 nitrogen and oxygen atoms in total. The van der Waals surface area contributed by atoms with Crippen LogP contribution < -0.4 is 10.6 Å². The number of benzene rings is 2. The summed E-state index contributed by atoms with van der Waals surface area (Å²) in [5, 5.41) is 5.26. The third kappa shape index (κ3) is 6.42. The first-order valence-electron chi connectivity index (χ1n) is 7.57. The Kier molecular flexibility index (Phi) is 7.29. The molecule has 0 fully saturated rings. The highest BCUT2D eigenvalue weighted by atomic mass is 32.2. The first-order valence-corrected chi connectivity index (χ1v) is 8.73. The number of carbonyl (C=O) groups excluding carboxylic acids is 2. The normalized spacial score (nSPS) is 10.2. The number of rotatable bonds is 8. The molecule has 2 aromatic carbocycles. The van der Waals surface area contributed by atoms with E-state index in [2.05, 4.69) is 22.8 Å². The van der Waals surface area contributed by atoms with Crippen molar-refractivity contribution in [2.45, 2.75) is 5.75 Å². The number of hydrogen-bond donors (Lipinski definition) is 2. The lowest BCUT2D eigenvalue weighted by Crippen LogP contribution is -2.37. The zero-order valence-electron chi connectivity index (χ0n) is 13.1. The van der Waals surface area contributed by atoms with Gasteiger partial charge in [-0.2, -0.15) is 11.8 Å². The molecule has 2 N–H and O–H groups in total. The summed E-state index contributed by atoms with van der Waals surface area (Å²) in [5.41, 5.74) is 1.57. The Morgan fingerprint density at radius 2 is 1.67 bits per heavy atom. The predicted molar refractivity (Wildman–Crippen MR) is 94.3 cm³/mol. The summed E-state index contributed by atoms with van der Waals surface area (Å²) in [6.45, 7) is 0.447. The Hall–Kier alpha value is -2.34. The minimum absolute atomic E-state index is 0.0977. The molecule has 0 saturated carbocycles. The highest BCUT2D eigenvalue weighted by Crippen LogP contribution is 2.10. The van der Waals surface area contributed by atoms with Gasteiger partial charge in [-0.3, -0.25) is 9.59 Å². The van der Waals surface area contributed by atoms with Crippen LogP contribution in [0.3, 0.4) is 0 Å². The second-order valence-electron chi connectivity index (χ2n) is 5.08. The van der Waals surface area contributed by atoms with Crippen molar-refractivity contribution in [1.29, 1.82) is 0 Å². The summed E-state index contributed by atoms with van der Waals surface area (Å²) in [6.07, 6.45) is 0. The van der Waals surface area contributed by atoms with Gasteiger partial charge >= 0.3 is 0 Å². The van der Waals surface area contributed by atoms with E-state index in [9.17, 15) is 14.0 Å². The molecule has 0 aliphatic heterocycles.